The molecule has 0 saturated heterocycles. The first-order valence-corrected chi connectivity index (χ1v) is 5.87. The van der Waals surface area contributed by atoms with Gasteiger partial charge in [0.15, 0.2) is 0 Å². The fraction of sp³-hybridized carbons (Fsp3) is 0.214. The molecule has 1 aromatic heterocycles. The summed E-state index contributed by atoms with van der Waals surface area (Å²) in [5, 5.41) is 2.93. The Hall–Kier alpha value is -1.95. The zero-order valence-electron chi connectivity index (χ0n) is 10.6. The Morgan fingerprint density at radius 1 is 1.15 bits per heavy atom. The zero-order valence-corrected chi connectivity index (χ0v) is 10.6. The number of aromatic nitrogens is 1. The molecule has 20 heavy (non-hydrogen) atoms. The monoisotopic (exact) mass is 284 g/mol. The third kappa shape index (κ3) is 2.96. The number of nitrogens with zero attached hydrogens (tertiary/aromatic N) is 1. The second-order valence-corrected chi connectivity index (χ2v) is 4.25. The largest absolute Gasteiger partial charge is 0.419 e. The lowest BCUT2D eigenvalue weighted by atomic mass is 9.99. The van der Waals surface area contributed by atoms with Gasteiger partial charge in [-0.3, -0.25) is 4.98 Å². The van der Waals surface area contributed by atoms with E-state index in [2.05, 4.69) is 10.3 Å². The maximum atomic E-state index is 13.6. The van der Waals surface area contributed by atoms with Crippen LogP contribution >= 0.6 is 0 Å². The van der Waals surface area contributed by atoms with Gasteiger partial charge < -0.3 is 5.32 Å². The molecule has 0 aliphatic rings. The molecule has 6 heteroatoms. The Morgan fingerprint density at radius 3 is 2.40 bits per heavy atom. The third-order valence-electron chi connectivity index (χ3n) is 2.94. The number of pyridine rings is 1. The van der Waals surface area contributed by atoms with Gasteiger partial charge in [0, 0.05) is 12.4 Å². The van der Waals surface area contributed by atoms with E-state index in [-0.39, 0.29) is 0 Å². The first-order chi connectivity index (χ1) is 9.43. The van der Waals surface area contributed by atoms with Crippen molar-refractivity contribution in [1.82, 2.24) is 10.3 Å². The molecule has 0 saturated carbocycles. The third-order valence-corrected chi connectivity index (χ3v) is 2.94. The predicted molar refractivity (Wildman–Crippen MR) is 66.5 cm³/mol. The molecule has 0 fully saturated rings. The minimum absolute atomic E-state index is 0.408. The lowest BCUT2D eigenvalue weighted by Crippen LogP contribution is -2.18. The van der Waals surface area contributed by atoms with Crippen LogP contribution in [-0.2, 0) is 6.18 Å². The number of alkyl halides is 3. The average Bonchev–Trinajstić information content (AvgIpc) is 2.39. The smallest absolute Gasteiger partial charge is 0.309 e. The van der Waals surface area contributed by atoms with Gasteiger partial charge in [-0.05, 0) is 36.4 Å². The fourth-order valence-electron chi connectivity index (χ4n) is 2.01. The van der Waals surface area contributed by atoms with Crippen LogP contribution < -0.4 is 5.32 Å². The van der Waals surface area contributed by atoms with Gasteiger partial charge in [-0.15, -0.1) is 0 Å². The highest BCUT2D eigenvalue weighted by Gasteiger charge is 2.34. The van der Waals surface area contributed by atoms with Crippen LogP contribution in [0.2, 0.25) is 0 Å². The van der Waals surface area contributed by atoms with Gasteiger partial charge >= 0.3 is 6.18 Å². The summed E-state index contributed by atoms with van der Waals surface area (Å²) >= 11 is 0. The summed E-state index contributed by atoms with van der Waals surface area (Å²) in [4.78, 5) is 3.94. The van der Waals surface area contributed by atoms with Crippen LogP contribution in [0.25, 0.3) is 0 Å². The first-order valence-electron chi connectivity index (χ1n) is 5.87. The number of rotatable bonds is 3. The summed E-state index contributed by atoms with van der Waals surface area (Å²) in [6.45, 7) is 0. The highest BCUT2D eigenvalue weighted by Crippen LogP contribution is 2.33. The Morgan fingerprint density at radius 2 is 1.90 bits per heavy atom. The maximum absolute atomic E-state index is 13.6. The van der Waals surface area contributed by atoms with Gasteiger partial charge in [0.25, 0.3) is 0 Å². The molecule has 0 bridgehead atoms. The normalized spacial score (nSPS) is 13.2. The van der Waals surface area contributed by atoms with E-state index in [1.54, 1.807) is 31.6 Å². The summed E-state index contributed by atoms with van der Waals surface area (Å²) < 4.78 is 51.2. The van der Waals surface area contributed by atoms with Crippen LogP contribution in [0.4, 0.5) is 17.6 Å². The highest BCUT2D eigenvalue weighted by molar-refractivity contribution is 5.34. The summed E-state index contributed by atoms with van der Waals surface area (Å²) in [5.74, 6) is -1.28. The molecule has 1 unspecified atom stereocenters. The van der Waals surface area contributed by atoms with E-state index in [1.165, 1.54) is 6.07 Å². The predicted octanol–water partition coefficient (Wildman–Crippen LogP) is 3.55. The Bertz CT molecular complexity index is 581. The molecule has 1 atom stereocenters. The molecule has 106 valence electrons. The van der Waals surface area contributed by atoms with Crippen molar-refractivity contribution in [2.45, 2.75) is 12.2 Å². The van der Waals surface area contributed by atoms with Crippen molar-refractivity contribution in [1.29, 1.82) is 0 Å². The molecular formula is C14H12F4N2. The number of halogens is 4. The molecule has 2 nitrogen and oxygen atoms in total. The second kappa shape index (κ2) is 5.58. The highest BCUT2D eigenvalue weighted by atomic mass is 19.4. The summed E-state index contributed by atoms with van der Waals surface area (Å²) in [6.07, 6.45) is -1.52. The lowest BCUT2D eigenvalue weighted by molar-refractivity contribution is -0.140. The molecule has 1 heterocycles. The van der Waals surface area contributed by atoms with E-state index in [9.17, 15) is 17.6 Å². The fourth-order valence-corrected chi connectivity index (χ4v) is 2.01. The number of hydrogen-bond acceptors (Lipinski definition) is 2. The van der Waals surface area contributed by atoms with E-state index in [0.29, 0.717) is 5.56 Å². The second-order valence-electron chi connectivity index (χ2n) is 4.25. The minimum atomic E-state index is -4.69. The number of benzene rings is 1. The van der Waals surface area contributed by atoms with E-state index in [0.717, 1.165) is 17.7 Å². The quantitative estimate of drug-likeness (QED) is 0.872. The van der Waals surface area contributed by atoms with Gasteiger partial charge in [-0.2, -0.15) is 13.2 Å². The topological polar surface area (TPSA) is 24.9 Å². The molecule has 0 aliphatic heterocycles. The average molecular weight is 284 g/mol. The van der Waals surface area contributed by atoms with Crippen LogP contribution in [-0.4, -0.2) is 12.0 Å². The Labute approximate surface area is 113 Å². The summed E-state index contributed by atoms with van der Waals surface area (Å²) in [6, 6.07) is 5.98. The van der Waals surface area contributed by atoms with Crippen LogP contribution in [0.3, 0.4) is 0 Å². The molecular weight excluding hydrogens is 272 g/mol. The van der Waals surface area contributed by atoms with Gasteiger partial charge in [-0.25, -0.2) is 4.39 Å². The van der Waals surface area contributed by atoms with Gasteiger partial charge in [0.1, 0.15) is 5.82 Å². The first kappa shape index (κ1) is 14.5. The van der Waals surface area contributed by atoms with Gasteiger partial charge in [0.2, 0.25) is 0 Å². The van der Waals surface area contributed by atoms with Crippen molar-refractivity contribution in [3.63, 3.8) is 0 Å². The Balaban J connectivity index is 2.40. The molecule has 0 spiro atoms. The van der Waals surface area contributed by atoms with Crippen molar-refractivity contribution >= 4 is 0 Å². The Kier molecular flexibility index (Phi) is 4.04. The van der Waals surface area contributed by atoms with Crippen molar-refractivity contribution in [2.75, 3.05) is 7.05 Å². The van der Waals surface area contributed by atoms with Crippen LogP contribution in [0, 0.1) is 5.82 Å². The molecule has 1 aromatic carbocycles. The van der Waals surface area contributed by atoms with Crippen molar-refractivity contribution in [3.05, 3.63) is 65.2 Å². The zero-order chi connectivity index (χ0) is 14.8. The van der Waals surface area contributed by atoms with Crippen molar-refractivity contribution in [3.8, 4) is 0 Å². The molecule has 0 aliphatic carbocycles. The number of hydrogen-bond donors (Lipinski definition) is 1. The molecule has 2 rings (SSSR count). The maximum Gasteiger partial charge on any atom is 0.419 e. The van der Waals surface area contributed by atoms with E-state index < -0.39 is 23.6 Å². The molecule has 0 radical (unpaired) electrons. The van der Waals surface area contributed by atoms with Crippen LogP contribution in [0.5, 0.6) is 0 Å². The minimum Gasteiger partial charge on any atom is -0.309 e. The van der Waals surface area contributed by atoms with Crippen LogP contribution in [0.1, 0.15) is 22.7 Å². The van der Waals surface area contributed by atoms with Crippen molar-refractivity contribution < 1.29 is 17.6 Å². The summed E-state index contributed by atoms with van der Waals surface area (Å²) in [7, 11) is 1.65. The van der Waals surface area contributed by atoms with Gasteiger partial charge in [0.05, 0.1) is 11.6 Å². The van der Waals surface area contributed by atoms with Crippen molar-refractivity contribution in [2.24, 2.45) is 0 Å². The van der Waals surface area contributed by atoms with E-state index in [1.807, 2.05) is 0 Å². The van der Waals surface area contributed by atoms with Gasteiger partial charge in [-0.1, -0.05) is 12.1 Å². The lowest BCUT2D eigenvalue weighted by Gasteiger charge is -2.18. The molecule has 2 aromatic rings. The van der Waals surface area contributed by atoms with E-state index >= 15 is 0 Å². The standard InChI is InChI=1S/C14H12F4N2/c1-19-13(10-3-2-6-20-8-10)9-4-5-11(12(15)7-9)14(16,17)18/h2-8,13,19H,1H3. The molecule has 1 N–H and O–H groups in total. The summed E-state index contributed by atoms with van der Waals surface area (Å²) in [5.41, 5.74) is -0.109. The van der Waals surface area contributed by atoms with Crippen LogP contribution in [0.15, 0.2) is 42.7 Å². The van der Waals surface area contributed by atoms with E-state index in [4.69, 9.17) is 0 Å². The number of nitrogens with one attached hydrogen (secondary N) is 1. The molecule has 0 amide bonds. The SMILES string of the molecule is CNC(c1cccnc1)c1ccc(C(F)(F)F)c(F)c1.